The van der Waals surface area contributed by atoms with Crippen LogP contribution in [0, 0.1) is 0 Å². The van der Waals surface area contributed by atoms with Gasteiger partial charge in [-0.3, -0.25) is 9.78 Å². The van der Waals surface area contributed by atoms with Gasteiger partial charge < -0.3 is 38.2 Å². The molecule has 0 spiro atoms. The molecule has 0 N–H and O–H groups in total. The Bertz CT molecular complexity index is 1680. The number of aromatic nitrogens is 3. The summed E-state index contributed by atoms with van der Waals surface area (Å²) in [5.41, 5.74) is 3.14. The molecule has 1 atom stereocenters. The van der Waals surface area contributed by atoms with Gasteiger partial charge in [0.2, 0.25) is 11.7 Å². The van der Waals surface area contributed by atoms with Crippen LogP contribution in [-0.4, -0.2) is 117 Å². The number of carbonyl (C=O) groups is 1. The molecular weight excluding hydrogens is 653 g/mol. The Morgan fingerprint density at radius 3 is 2.40 bits per heavy atom. The largest absolute Gasteiger partial charge is 0.493 e. The van der Waals surface area contributed by atoms with Gasteiger partial charge in [-0.1, -0.05) is 18.2 Å². The van der Waals surface area contributed by atoms with Gasteiger partial charge in [-0.2, -0.15) is 13.2 Å². The molecule has 1 unspecified atom stereocenters. The van der Waals surface area contributed by atoms with Crippen molar-refractivity contribution in [3.63, 3.8) is 0 Å². The number of alkyl halides is 3. The minimum Gasteiger partial charge on any atom is -0.493 e. The summed E-state index contributed by atoms with van der Waals surface area (Å²) in [7, 11) is 6.35. The lowest BCUT2D eigenvalue weighted by Gasteiger charge is -2.28. The average molecular weight is 699 g/mol. The number of para-hydroxylation sites is 2. The lowest BCUT2D eigenvalue weighted by Crippen LogP contribution is -2.35. The van der Waals surface area contributed by atoms with E-state index in [0.29, 0.717) is 35.9 Å². The Hall–Kier alpha value is -4.56. The molecular formula is C36H45F3N6O5. The molecule has 1 amide bonds. The second-order valence-electron chi connectivity index (χ2n) is 12.3. The molecule has 1 aliphatic rings. The zero-order valence-corrected chi connectivity index (χ0v) is 29.0. The average Bonchev–Trinajstić information content (AvgIpc) is 3.32. The number of carbonyl (C=O) groups excluding carboxylic acids is 1. The van der Waals surface area contributed by atoms with Crippen LogP contribution in [0.5, 0.6) is 17.2 Å². The van der Waals surface area contributed by atoms with Crippen molar-refractivity contribution in [3.8, 4) is 17.2 Å². The number of hydrogen-bond acceptors (Lipinski definition) is 9. The van der Waals surface area contributed by atoms with Gasteiger partial charge in [0, 0.05) is 63.6 Å². The summed E-state index contributed by atoms with van der Waals surface area (Å²) >= 11 is 0. The van der Waals surface area contributed by atoms with E-state index < -0.39 is 12.8 Å². The van der Waals surface area contributed by atoms with E-state index in [2.05, 4.69) is 14.8 Å². The Kier molecular flexibility index (Phi) is 12.4. The zero-order valence-electron chi connectivity index (χ0n) is 29.0. The molecule has 1 saturated heterocycles. The molecule has 50 heavy (non-hydrogen) atoms. The maximum atomic E-state index is 13.7. The van der Waals surface area contributed by atoms with Crippen LogP contribution in [-0.2, 0) is 11.3 Å². The molecule has 2 aromatic carbocycles. The molecule has 5 rings (SSSR count). The molecule has 14 heteroatoms. The summed E-state index contributed by atoms with van der Waals surface area (Å²) < 4.78 is 61.3. The summed E-state index contributed by atoms with van der Waals surface area (Å²) in [5, 5.41) is 0. The van der Waals surface area contributed by atoms with Crippen LogP contribution >= 0.6 is 0 Å². The third-order valence-corrected chi connectivity index (χ3v) is 8.93. The molecule has 0 aliphatic carbocycles. The molecule has 0 saturated carbocycles. The van der Waals surface area contributed by atoms with Gasteiger partial charge in [-0.05, 0) is 61.8 Å². The Labute approximate surface area is 290 Å². The van der Waals surface area contributed by atoms with Gasteiger partial charge in [-0.25, -0.2) is 4.98 Å². The quantitative estimate of drug-likeness (QED) is 0.149. The first kappa shape index (κ1) is 36.7. The van der Waals surface area contributed by atoms with E-state index in [-0.39, 0.29) is 25.0 Å². The number of halogens is 3. The van der Waals surface area contributed by atoms with Crippen molar-refractivity contribution in [1.82, 2.24) is 24.3 Å². The molecule has 270 valence electrons. The molecule has 1 fully saturated rings. The Morgan fingerprint density at radius 2 is 1.72 bits per heavy atom. The normalized spacial score (nSPS) is 14.7. The molecule has 0 radical (unpaired) electrons. The fourth-order valence-corrected chi connectivity index (χ4v) is 6.42. The third-order valence-electron chi connectivity index (χ3n) is 8.93. The van der Waals surface area contributed by atoms with Gasteiger partial charge in [-0.15, -0.1) is 0 Å². The standard InChI is InChI=1S/C36H45F3N6O5/c1-42(34(46)28-21-31(47-2)33(49-4)32(22-28)48-3)24-27(26-9-7-13-40-23-26)12-16-43-14-8-15-44(18-17-43)35-41-29-10-5-6-11-30(29)45(35)19-20-50-25-36(37,38)39/h5-7,9-11,13,21-23,27H,8,12,14-20,24-25H2,1-4H3. The van der Waals surface area contributed by atoms with Crippen molar-refractivity contribution in [2.75, 3.05) is 85.8 Å². The second-order valence-corrected chi connectivity index (χ2v) is 12.3. The number of nitrogens with zero attached hydrogens (tertiary/aromatic N) is 6. The Balaban J connectivity index is 1.25. The molecule has 1 aliphatic heterocycles. The van der Waals surface area contributed by atoms with E-state index in [4.69, 9.17) is 23.9 Å². The van der Waals surface area contributed by atoms with Crippen molar-refractivity contribution in [3.05, 3.63) is 72.1 Å². The highest BCUT2D eigenvalue weighted by Gasteiger charge is 2.28. The number of fused-ring (bicyclic) bond motifs is 1. The predicted molar refractivity (Wildman–Crippen MR) is 185 cm³/mol. The van der Waals surface area contributed by atoms with Gasteiger partial charge in [0.25, 0.3) is 5.91 Å². The van der Waals surface area contributed by atoms with E-state index in [1.54, 1.807) is 30.3 Å². The smallest absolute Gasteiger partial charge is 0.411 e. The van der Waals surface area contributed by atoms with Crippen LogP contribution < -0.4 is 19.1 Å². The monoisotopic (exact) mass is 698 g/mol. The minimum atomic E-state index is -4.37. The Morgan fingerprint density at radius 1 is 0.960 bits per heavy atom. The number of amides is 1. The van der Waals surface area contributed by atoms with Crippen LogP contribution in [0.4, 0.5) is 19.1 Å². The summed E-state index contributed by atoms with van der Waals surface area (Å²) in [5.74, 6) is 1.84. The predicted octanol–water partition coefficient (Wildman–Crippen LogP) is 5.49. The van der Waals surface area contributed by atoms with Crippen LogP contribution in [0.1, 0.15) is 34.7 Å². The maximum Gasteiger partial charge on any atom is 0.411 e. The highest BCUT2D eigenvalue weighted by atomic mass is 19.4. The number of imidazole rings is 1. The number of ether oxygens (including phenoxy) is 4. The van der Waals surface area contributed by atoms with Crippen molar-refractivity contribution < 1.29 is 36.9 Å². The van der Waals surface area contributed by atoms with E-state index in [1.165, 1.54) is 21.3 Å². The summed E-state index contributed by atoms with van der Waals surface area (Å²) in [6, 6.07) is 14.9. The van der Waals surface area contributed by atoms with E-state index in [9.17, 15) is 18.0 Å². The lowest BCUT2D eigenvalue weighted by atomic mass is 9.96. The zero-order chi connectivity index (χ0) is 35.7. The van der Waals surface area contributed by atoms with Crippen LogP contribution in [0.25, 0.3) is 11.0 Å². The molecule has 0 bridgehead atoms. The first-order chi connectivity index (χ1) is 24.1. The van der Waals surface area contributed by atoms with Gasteiger partial charge >= 0.3 is 6.18 Å². The van der Waals surface area contributed by atoms with E-state index >= 15 is 0 Å². The topological polar surface area (TPSA) is 94.4 Å². The van der Waals surface area contributed by atoms with E-state index in [0.717, 1.165) is 61.6 Å². The third kappa shape index (κ3) is 9.16. The van der Waals surface area contributed by atoms with Crippen LogP contribution in [0.15, 0.2) is 60.9 Å². The summed E-state index contributed by atoms with van der Waals surface area (Å²) in [4.78, 5) is 29.2. The number of hydrogen-bond donors (Lipinski definition) is 0. The van der Waals surface area contributed by atoms with Crippen molar-refractivity contribution >= 4 is 22.9 Å². The number of likely N-dealkylation sites (N-methyl/N-ethyl adjacent to an activating group) is 1. The van der Waals surface area contributed by atoms with Crippen molar-refractivity contribution in [1.29, 1.82) is 0 Å². The number of rotatable bonds is 15. The van der Waals surface area contributed by atoms with Crippen LogP contribution in [0.3, 0.4) is 0 Å². The molecule has 4 aromatic rings. The van der Waals surface area contributed by atoms with Gasteiger partial charge in [0.15, 0.2) is 11.5 Å². The van der Waals surface area contributed by atoms with Crippen LogP contribution in [0.2, 0.25) is 0 Å². The SMILES string of the molecule is COc1cc(C(=O)N(C)CC(CCN2CCCN(c3nc4ccccc4n3CCOCC(F)(F)F)CC2)c2cccnc2)cc(OC)c1OC. The first-order valence-corrected chi connectivity index (χ1v) is 16.6. The molecule has 11 nitrogen and oxygen atoms in total. The minimum absolute atomic E-state index is 0.0277. The van der Waals surface area contributed by atoms with Gasteiger partial charge in [0.05, 0.1) is 39.0 Å². The van der Waals surface area contributed by atoms with Gasteiger partial charge in [0.1, 0.15) is 6.61 Å². The first-order valence-electron chi connectivity index (χ1n) is 16.6. The van der Waals surface area contributed by atoms with Crippen molar-refractivity contribution in [2.45, 2.75) is 31.5 Å². The molecule has 2 aromatic heterocycles. The van der Waals surface area contributed by atoms with E-state index in [1.807, 2.05) is 47.2 Å². The highest BCUT2D eigenvalue weighted by molar-refractivity contribution is 5.95. The lowest BCUT2D eigenvalue weighted by molar-refractivity contribution is -0.174. The molecule has 3 heterocycles. The fourth-order valence-electron chi connectivity index (χ4n) is 6.42. The number of benzene rings is 2. The summed E-state index contributed by atoms with van der Waals surface area (Å²) in [6.45, 7) is 3.34. The summed E-state index contributed by atoms with van der Waals surface area (Å²) in [6.07, 6.45) is 0.923. The van der Waals surface area contributed by atoms with Crippen molar-refractivity contribution in [2.24, 2.45) is 0 Å². The number of pyridine rings is 1. The fraction of sp³-hybridized carbons (Fsp3) is 0.472. The second kappa shape index (κ2) is 16.9. The highest BCUT2D eigenvalue weighted by Crippen LogP contribution is 2.38. The number of anilines is 1. The number of methoxy groups -OCH3 is 3. The maximum absolute atomic E-state index is 13.7.